The van der Waals surface area contributed by atoms with Gasteiger partial charge in [-0.3, -0.25) is 0 Å². The predicted molar refractivity (Wildman–Crippen MR) is 116 cm³/mol. The Labute approximate surface area is 169 Å². The van der Waals surface area contributed by atoms with Crippen molar-refractivity contribution in [3.05, 3.63) is 6.92 Å². The van der Waals surface area contributed by atoms with Crippen molar-refractivity contribution in [3.63, 3.8) is 0 Å². The Balaban J connectivity index is 3.64. The first-order valence-corrected chi connectivity index (χ1v) is 11.7. The smallest absolute Gasteiger partial charge is 0.105 e. The van der Waals surface area contributed by atoms with Crippen LogP contribution in [0.1, 0.15) is 96.8 Å². The highest BCUT2D eigenvalue weighted by molar-refractivity contribution is 4.58. The van der Waals surface area contributed by atoms with Gasteiger partial charge >= 0.3 is 0 Å². The third kappa shape index (κ3) is 16.5. The Morgan fingerprint density at radius 1 is 0.630 bits per heavy atom. The molecular weight excluding hydrogens is 338 g/mol. The first-order chi connectivity index (χ1) is 13.1. The van der Waals surface area contributed by atoms with Crippen molar-refractivity contribution in [1.29, 1.82) is 0 Å². The van der Waals surface area contributed by atoms with Crippen LogP contribution in [0, 0.1) is 6.92 Å². The van der Waals surface area contributed by atoms with Gasteiger partial charge in [-0.05, 0) is 19.8 Å². The van der Waals surface area contributed by atoms with E-state index in [1.165, 1.54) is 83.5 Å². The molecule has 0 aromatic heterocycles. The van der Waals surface area contributed by atoms with Crippen molar-refractivity contribution in [1.82, 2.24) is 0 Å². The third-order valence-electron chi connectivity index (χ3n) is 5.73. The molecule has 0 aromatic carbocycles. The second-order valence-corrected chi connectivity index (χ2v) is 8.39. The molecule has 0 amide bonds. The van der Waals surface area contributed by atoms with E-state index >= 15 is 0 Å². The molecule has 0 aliphatic heterocycles. The van der Waals surface area contributed by atoms with Crippen LogP contribution in [0.15, 0.2) is 0 Å². The number of hydrogen-bond donors (Lipinski definition) is 3. The molecule has 27 heavy (non-hydrogen) atoms. The minimum absolute atomic E-state index is 0.0886. The Morgan fingerprint density at radius 3 is 1.33 bits per heavy atom. The molecule has 1 atom stereocenters. The summed E-state index contributed by atoms with van der Waals surface area (Å²) in [5, 5.41) is 28.4. The van der Waals surface area contributed by atoms with E-state index in [4.69, 9.17) is 0 Å². The Hall–Kier alpha value is -0.160. The average Bonchev–Trinajstić information content (AvgIpc) is 2.62. The molecule has 4 heteroatoms. The van der Waals surface area contributed by atoms with Gasteiger partial charge in [-0.15, -0.1) is 0 Å². The van der Waals surface area contributed by atoms with Gasteiger partial charge in [-0.25, -0.2) is 0 Å². The number of quaternary nitrogens is 1. The van der Waals surface area contributed by atoms with Gasteiger partial charge in [0.1, 0.15) is 25.7 Å². The lowest BCUT2D eigenvalue weighted by Gasteiger charge is -2.39. The molecule has 0 spiro atoms. The molecule has 0 fully saturated rings. The van der Waals surface area contributed by atoms with Gasteiger partial charge in [0.05, 0.1) is 19.8 Å². The molecule has 3 N–H and O–H groups in total. The average molecular weight is 388 g/mol. The van der Waals surface area contributed by atoms with Crippen molar-refractivity contribution >= 4 is 0 Å². The van der Waals surface area contributed by atoms with E-state index < -0.39 is 6.10 Å². The summed E-state index contributed by atoms with van der Waals surface area (Å²) in [7, 11) is 0. The van der Waals surface area contributed by atoms with E-state index in [-0.39, 0.29) is 13.2 Å². The fraction of sp³-hybridized carbons (Fsp3) is 0.957. The molecule has 0 aliphatic rings. The van der Waals surface area contributed by atoms with Crippen molar-refractivity contribution in [2.24, 2.45) is 0 Å². The highest BCUT2D eigenvalue weighted by Gasteiger charge is 2.27. The zero-order valence-electron chi connectivity index (χ0n) is 18.2. The van der Waals surface area contributed by atoms with Crippen LogP contribution in [0.2, 0.25) is 0 Å². The standard InChI is InChI=1S/C23H49NO3/c1-3-4-5-6-7-8-9-10-11-12-13-14-15-16-17-24(18-20-25,19-21-26)22-23(2)27/h23,25-27H,2-22H2,1H3/q+1. The molecule has 0 aliphatic carbocycles. The summed E-state index contributed by atoms with van der Waals surface area (Å²) >= 11 is 0. The molecule has 163 valence electrons. The highest BCUT2D eigenvalue weighted by Crippen LogP contribution is 2.15. The third-order valence-corrected chi connectivity index (χ3v) is 5.73. The minimum atomic E-state index is -0.644. The molecule has 0 bridgehead atoms. The fourth-order valence-corrected chi connectivity index (χ4v) is 4.12. The molecule has 0 saturated carbocycles. The van der Waals surface area contributed by atoms with Gasteiger partial charge in [0.15, 0.2) is 0 Å². The SMILES string of the molecule is [CH2]C(O)C[N+](CCO)(CCO)CCCCCCCCCCCCCCCC. The van der Waals surface area contributed by atoms with Crippen LogP contribution in [0.3, 0.4) is 0 Å². The predicted octanol–water partition coefficient (Wildman–Crippen LogP) is 4.46. The zero-order valence-corrected chi connectivity index (χ0v) is 18.2. The minimum Gasteiger partial charge on any atom is -0.391 e. The molecular formula is C23H49NO3+. The second kappa shape index (κ2) is 19.2. The van der Waals surface area contributed by atoms with E-state index in [9.17, 15) is 15.3 Å². The van der Waals surface area contributed by atoms with Crippen LogP contribution < -0.4 is 0 Å². The molecule has 0 saturated heterocycles. The molecule has 0 rings (SSSR count). The van der Waals surface area contributed by atoms with Gasteiger partial charge in [0.2, 0.25) is 0 Å². The maximum atomic E-state index is 9.67. The summed E-state index contributed by atoms with van der Waals surface area (Å²) in [4.78, 5) is 0. The summed E-state index contributed by atoms with van der Waals surface area (Å²) in [6.45, 7) is 8.73. The first kappa shape index (κ1) is 26.8. The van der Waals surface area contributed by atoms with E-state index in [1.807, 2.05) is 0 Å². The van der Waals surface area contributed by atoms with Crippen LogP contribution in [-0.4, -0.2) is 65.3 Å². The molecule has 0 heterocycles. The number of aliphatic hydroxyl groups is 3. The number of nitrogens with zero attached hydrogens (tertiary/aromatic N) is 1. The normalized spacial score (nSPS) is 13.2. The largest absolute Gasteiger partial charge is 0.391 e. The van der Waals surface area contributed by atoms with E-state index in [0.29, 0.717) is 24.1 Å². The monoisotopic (exact) mass is 387 g/mol. The fourth-order valence-electron chi connectivity index (χ4n) is 4.12. The van der Waals surface area contributed by atoms with Crippen molar-refractivity contribution in [2.45, 2.75) is 103 Å². The summed E-state index contributed by atoms with van der Waals surface area (Å²) in [6, 6.07) is 0. The second-order valence-electron chi connectivity index (χ2n) is 8.39. The summed E-state index contributed by atoms with van der Waals surface area (Å²) in [5.74, 6) is 0. The van der Waals surface area contributed by atoms with Gasteiger partial charge < -0.3 is 19.8 Å². The number of hydrogen-bond acceptors (Lipinski definition) is 3. The van der Waals surface area contributed by atoms with Gasteiger partial charge in [0, 0.05) is 0 Å². The summed E-state index contributed by atoms with van der Waals surface area (Å²) in [6.07, 6.45) is 18.1. The van der Waals surface area contributed by atoms with Gasteiger partial charge in [-0.2, -0.15) is 0 Å². The van der Waals surface area contributed by atoms with Crippen LogP contribution in [0.4, 0.5) is 0 Å². The quantitative estimate of drug-likeness (QED) is 0.201. The Bertz CT molecular complexity index is 291. The number of rotatable bonds is 21. The van der Waals surface area contributed by atoms with Crippen molar-refractivity contribution in [3.8, 4) is 0 Å². The molecule has 4 nitrogen and oxygen atoms in total. The molecule has 0 aromatic rings. The number of unbranched alkanes of at least 4 members (excludes halogenated alkanes) is 13. The number of aliphatic hydroxyl groups excluding tert-OH is 3. The van der Waals surface area contributed by atoms with Crippen molar-refractivity contribution < 1.29 is 19.8 Å². The lowest BCUT2D eigenvalue weighted by Crippen LogP contribution is -2.55. The van der Waals surface area contributed by atoms with E-state index in [2.05, 4.69) is 13.8 Å². The van der Waals surface area contributed by atoms with E-state index in [1.54, 1.807) is 0 Å². The van der Waals surface area contributed by atoms with Crippen molar-refractivity contribution in [2.75, 3.05) is 39.4 Å². The van der Waals surface area contributed by atoms with E-state index in [0.717, 1.165) is 13.0 Å². The lowest BCUT2D eigenvalue weighted by atomic mass is 10.0. The Kier molecular flexibility index (Phi) is 19.1. The molecule has 1 unspecified atom stereocenters. The van der Waals surface area contributed by atoms with Gasteiger partial charge in [-0.1, -0.05) is 84.0 Å². The maximum Gasteiger partial charge on any atom is 0.105 e. The first-order valence-electron chi connectivity index (χ1n) is 11.7. The lowest BCUT2D eigenvalue weighted by molar-refractivity contribution is -0.931. The zero-order chi connectivity index (χ0) is 20.2. The maximum absolute atomic E-state index is 9.67. The van der Waals surface area contributed by atoms with Crippen LogP contribution >= 0.6 is 0 Å². The highest BCUT2D eigenvalue weighted by atomic mass is 16.3. The van der Waals surface area contributed by atoms with Crippen LogP contribution in [-0.2, 0) is 0 Å². The Morgan fingerprint density at radius 2 is 1.00 bits per heavy atom. The van der Waals surface area contributed by atoms with Crippen LogP contribution in [0.5, 0.6) is 0 Å². The topological polar surface area (TPSA) is 60.7 Å². The van der Waals surface area contributed by atoms with Gasteiger partial charge in [0.25, 0.3) is 0 Å². The summed E-state index contributed by atoms with van der Waals surface area (Å²) < 4.78 is 0.579. The molecule has 1 radical (unpaired) electrons. The summed E-state index contributed by atoms with van der Waals surface area (Å²) in [5.41, 5.74) is 0. The van der Waals surface area contributed by atoms with Crippen LogP contribution in [0.25, 0.3) is 0 Å².